The van der Waals surface area contributed by atoms with Gasteiger partial charge in [-0.05, 0) is 29.8 Å². The minimum absolute atomic E-state index is 0.350. The molecular formula is C14H9ClF3N3. The Hall–Kier alpha value is -2.08. The van der Waals surface area contributed by atoms with Crippen molar-refractivity contribution in [2.45, 2.75) is 12.6 Å². The SMILES string of the molecule is FC(F)(F)c1ccc(Cc2nnc3cccc(Cl)n23)cc1. The highest BCUT2D eigenvalue weighted by Gasteiger charge is 2.29. The number of hydrogen-bond donors (Lipinski definition) is 0. The van der Waals surface area contributed by atoms with E-state index in [-0.39, 0.29) is 0 Å². The zero-order valence-electron chi connectivity index (χ0n) is 10.6. The number of benzene rings is 1. The lowest BCUT2D eigenvalue weighted by Gasteiger charge is -2.07. The molecule has 0 fully saturated rings. The van der Waals surface area contributed by atoms with Crippen LogP contribution < -0.4 is 0 Å². The van der Waals surface area contributed by atoms with E-state index in [1.807, 2.05) is 0 Å². The summed E-state index contributed by atoms with van der Waals surface area (Å²) >= 11 is 6.09. The third-order valence-corrected chi connectivity index (χ3v) is 3.39. The van der Waals surface area contributed by atoms with Crippen molar-refractivity contribution in [1.29, 1.82) is 0 Å². The second-order valence-corrected chi connectivity index (χ2v) is 4.92. The molecule has 2 aromatic heterocycles. The zero-order valence-corrected chi connectivity index (χ0v) is 11.4. The van der Waals surface area contributed by atoms with Gasteiger partial charge in [0.2, 0.25) is 0 Å². The first-order chi connectivity index (χ1) is 9.95. The fraction of sp³-hybridized carbons (Fsp3) is 0.143. The van der Waals surface area contributed by atoms with Crippen molar-refractivity contribution < 1.29 is 13.2 Å². The topological polar surface area (TPSA) is 30.2 Å². The third kappa shape index (κ3) is 2.71. The van der Waals surface area contributed by atoms with Gasteiger partial charge < -0.3 is 0 Å². The molecule has 2 heterocycles. The van der Waals surface area contributed by atoms with Crippen molar-refractivity contribution in [2.75, 3.05) is 0 Å². The molecule has 0 unspecified atom stereocenters. The lowest BCUT2D eigenvalue weighted by atomic mass is 10.1. The second-order valence-electron chi connectivity index (χ2n) is 4.53. The van der Waals surface area contributed by atoms with Crippen LogP contribution >= 0.6 is 11.6 Å². The molecule has 0 radical (unpaired) electrons. The van der Waals surface area contributed by atoms with Crippen LogP contribution in [-0.2, 0) is 12.6 Å². The summed E-state index contributed by atoms with van der Waals surface area (Å²) in [5.41, 5.74) is 0.636. The van der Waals surface area contributed by atoms with Crippen LogP contribution in [-0.4, -0.2) is 14.6 Å². The number of rotatable bonds is 2. The van der Waals surface area contributed by atoms with E-state index in [1.54, 1.807) is 22.6 Å². The van der Waals surface area contributed by atoms with Crippen molar-refractivity contribution >= 4 is 17.2 Å². The first kappa shape index (κ1) is 13.9. The maximum absolute atomic E-state index is 12.5. The van der Waals surface area contributed by atoms with Gasteiger partial charge in [0.25, 0.3) is 0 Å². The van der Waals surface area contributed by atoms with E-state index in [0.29, 0.717) is 28.6 Å². The molecule has 3 rings (SSSR count). The summed E-state index contributed by atoms with van der Waals surface area (Å²) in [6.45, 7) is 0. The summed E-state index contributed by atoms with van der Waals surface area (Å²) in [6.07, 6.45) is -3.98. The van der Waals surface area contributed by atoms with Crippen molar-refractivity contribution in [1.82, 2.24) is 14.6 Å². The van der Waals surface area contributed by atoms with Crippen LogP contribution in [0.15, 0.2) is 42.5 Å². The van der Waals surface area contributed by atoms with E-state index in [2.05, 4.69) is 10.2 Å². The molecule has 21 heavy (non-hydrogen) atoms. The summed E-state index contributed by atoms with van der Waals surface area (Å²) in [4.78, 5) is 0. The molecule has 7 heteroatoms. The molecule has 0 bridgehead atoms. The largest absolute Gasteiger partial charge is 0.416 e. The van der Waals surface area contributed by atoms with Crippen LogP contribution in [0.2, 0.25) is 5.15 Å². The molecule has 0 saturated heterocycles. The van der Waals surface area contributed by atoms with Gasteiger partial charge in [-0.25, -0.2) is 0 Å². The predicted molar refractivity (Wildman–Crippen MR) is 72.2 cm³/mol. The summed E-state index contributed by atoms with van der Waals surface area (Å²) in [5.74, 6) is 0.579. The molecule has 0 N–H and O–H groups in total. The van der Waals surface area contributed by atoms with E-state index in [1.165, 1.54) is 12.1 Å². The van der Waals surface area contributed by atoms with Crippen LogP contribution in [0.4, 0.5) is 13.2 Å². The average molecular weight is 312 g/mol. The molecule has 0 amide bonds. The third-order valence-electron chi connectivity index (χ3n) is 3.09. The van der Waals surface area contributed by atoms with Gasteiger partial charge in [-0.3, -0.25) is 4.40 Å². The fourth-order valence-electron chi connectivity index (χ4n) is 2.07. The first-order valence-electron chi connectivity index (χ1n) is 6.10. The van der Waals surface area contributed by atoms with E-state index in [9.17, 15) is 13.2 Å². The van der Waals surface area contributed by atoms with E-state index in [0.717, 1.165) is 12.1 Å². The summed E-state index contributed by atoms with van der Waals surface area (Å²) < 4.78 is 39.2. The number of fused-ring (bicyclic) bond motifs is 1. The maximum Gasteiger partial charge on any atom is 0.416 e. The normalized spacial score (nSPS) is 12.0. The van der Waals surface area contributed by atoms with Crippen molar-refractivity contribution in [2.24, 2.45) is 0 Å². The molecule has 1 aromatic carbocycles. The lowest BCUT2D eigenvalue weighted by Crippen LogP contribution is -2.05. The number of pyridine rings is 1. The highest BCUT2D eigenvalue weighted by molar-refractivity contribution is 6.29. The van der Waals surface area contributed by atoms with Gasteiger partial charge in [0.15, 0.2) is 5.65 Å². The van der Waals surface area contributed by atoms with Gasteiger partial charge in [0.05, 0.1) is 5.56 Å². The molecule has 0 spiro atoms. The predicted octanol–water partition coefficient (Wildman–Crippen LogP) is 3.99. The Kier molecular flexibility index (Phi) is 3.33. The van der Waals surface area contributed by atoms with Gasteiger partial charge in [-0.1, -0.05) is 29.8 Å². The molecule has 3 nitrogen and oxygen atoms in total. The molecule has 0 aliphatic carbocycles. The molecule has 0 saturated carbocycles. The Balaban J connectivity index is 1.92. The van der Waals surface area contributed by atoms with Crippen molar-refractivity contribution in [3.63, 3.8) is 0 Å². The van der Waals surface area contributed by atoms with Crippen molar-refractivity contribution in [3.05, 3.63) is 64.6 Å². The molecule has 0 aliphatic heterocycles. The number of alkyl halides is 3. The van der Waals surface area contributed by atoms with Crippen molar-refractivity contribution in [3.8, 4) is 0 Å². The molecule has 3 aromatic rings. The fourth-order valence-corrected chi connectivity index (χ4v) is 2.32. The van der Waals surface area contributed by atoms with Crippen LogP contribution in [0.5, 0.6) is 0 Å². The van der Waals surface area contributed by atoms with Crippen LogP contribution in [0.3, 0.4) is 0 Å². The number of aromatic nitrogens is 3. The Morgan fingerprint density at radius 2 is 1.71 bits per heavy atom. The molecule has 0 atom stereocenters. The monoisotopic (exact) mass is 311 g/mol. The number of hydrogen-bond acceptors (Lipinski definition) is 2. The summed E-state index contributed by atoms with van der Waals surface area (Å²) in [5, 5.41) is 8.47. The van der Waals surface area contributed by atoms with E-state index < -0.39 is 11.7 Å². The lowest BCUT2D eigenvalue weighted by molar-refractivity contribution is -0.137. The minimum Gasteiger partial charge on any atom is -0.269 e. The minimum atomic E-state index is -4.33. The highest BCUT2D eigenvalue weighted by Crippen LogP contribution is 2.29. The van der Waals surface area contributed by atoms with Gasteiger partial charge >= 0.3 is 6.18 Å². The number of halogens is 4. The van der Waals surface area contributed by atoms with Gasteiger partial charge in [-0.2, -0.15) is 13.2 Å². The summed E-state index contributed by atoms with van der Waals surface area (Å²) in [7, 11) is 0. The van der Waals surface area contributed by atoms with Crippen LogP contribution in [0.1, 0.15) is 17.0 Å². The average Bonchev–Trinajstić information content (AvgIpc) is 2.83. The van der Waals surface area contributed by atoms with Gasteiger partial charge in [0, 0.05) is 6.42 Å². The molecular weight excluding hydrogens is 303 g/mol. The molecule has 0 aliphatic rings. The standard InChI is InChI=1S/C14H9ClF3N3/c15-11-2-1-3-12-19-20-13(21(11)12)8-9-4-6-10(7-5-9)14(16,17)18/h1-7H,8H2. The number of nitrogens with zero attached hydrogens (tertiary/aromatic N) is 3. The Labute approximate surface area is 123 Å². The first-order valence-corrected chi connectivity index (χ1v) is 6.47. The van der Waals surface area contributed by atoms with Gasteiger partial charge in [-0.15, -0.1) is 10.2 Å². The van der Waals surface area contributed by atoms with Crippen LogP contribution in [0, 0.1) is 0 Å². The van der Waals surface area contributed by atoms with E-state index >= 15 is 0 Å². The molecule has 108 valence electrons. The quantitative estimate of drug-likeness (QED) is 0.670. The second kappa shape index (κ2) is 5.04. The maximum atomic E-state index is 12.5. The summed E-state index contributed by atoms with van der Waals surface area (Å²) in [6, 6.07) is 10.2. The highest BCUT2D eigenvalue weighted by atomic mass is 35.5. The Morgan fingerprint density at radius 1 is 1.00 bits per heavy atom. The van der Waals surface area contributed by atoms with Gasteiger partial charge in [0.1, 0.15) is 11.0 Å². The van der Waals surface area contributed by atoms with Crippen LogP contribution in [0.25, 0.3) is 5.65 Å². The Morgan fingerprint density at radius 3 is 2.38 bits per heavy atom. The van der Waals surface area contributed by atoms with E-state index in [4.69, 9.17) is 11.6 Å². The zero-order chi connectivity index (χ0) is 15.0. The smallest absolute Gasteiger partial charge is 0.269 e. The Bertz CT molecular complexity index is 778.